The van der Waals surface area contributed by atoms with Crippen molar-refractivity contribution in [1.29, 1.82) is 0 Å². The van der Waals surface area contributed by atoms with Gasteiger partial charge in [-0.25, -0.2) is 4.79 Å². The van der Waals surface area contributed by atoms with Crippen LogP contribution in [0.1, 0.15) is 26.3 Å². The molecule has 0 aliphatic carbocycles. The van der Waals surface area contributed by atoms with E-state index in [9.17, 15) is 4.79 Å². The zero-order valence-corrected chi connectivity index (χ0v) is 11.6. The summed E-state index contributed by atoms with van der Waals surface area (Å²) in [5.41, 5.74) is 1.44. The number of nitrogens with one attached hydrogen (secondary N) is 2. The van der Waals surface area contributed by atoms with Crippen molar-refractivity contribution in [3.8, 4) is 0 Å². The Balaban J connectivity index is 2.41. The Hall–Kier alpha value is -1.40. The monoisotopic (exact) mass is 269 g/mol. The maximum atomic E-state index is 11.4. The lowest BCUT2D eigenvalue weighted by atomic mass is 10.2. The van der Waals surface area contributed by atoms with Crippen molar-refractivity contribution in [3.05, 3.63) is 29.8 Å². The highest BCUT2D eigenvalue weighted by molar-refractivity contribution is 7.98. The van der Waals surface area contributed by atoms with Crippen molar-refractivity contribution in [2.75, 3.05) is 4.72 Å². The second kappa shape index (κ2) is 6.51. The van der Waals surface area contributed by atoms with E-state index in [1.807, 2.05) is 45.0 Å². The van der Waals surface area contributed by atoms with E-state index in [0.29, 0.717) is 6.54 Å². The number of nitrogens with two attached hydrogens (primary N) is 1. The van der Waals surface area contributed by atoms with E-state index >= 15 is 0 Å². The zero-order chi connectivity index (χ0) is 13.6. The Bertz CT molecular complexity index is 387. The van der Waals surface area contributed by atoms with Crippen molar-refractivity contribution < 1.29 is 9.53 Å². The summed E-state index contributed by atoms with van der Waals surface area (Å²) in [7, 11) is 0. The maximum absolute atomic E-state index is 11.4. The predicted octanol–water partition coefficient (Wildman–Crippen LogP) is 2.65. The van der Waals surface area contributed by atoms with Crippen LogP contribution in [-0.2, 0) is 11.3 Å². The number of amides is 1. The molecule has 18 heavy (non-hydrogen) atoms. The minimum absolute atomic E-state index is 0.415. The summed E-state index contributed by atoms with van der Waals surface area (Å²) < 4.78 is 8.05. The molecule has 0 bridgehead atoms. The number of alkyl carbamates (subject to hydrolysis) is 1. The molecule has 0 heterocycles. The number of hydrogen-bond donors (Lipinski definition) is 3. The van der Waals surface area contributed by atoms with Gasteiger partial charge in [0, 0.05) is 24.4 Å². The van der Waals surface area contributed by atoms with E-state index in [1.54, 1.807) is 0 Å². The molecule has 0 atom stereocenters. The number of ether oxygens (including phenoxy) is 1. The quantitative estimate of drug-likeness (QED) is 0.733. The van der Waals surface area contributed by atoms with Gasteiger partial charge in [-0.3, -0.25) is 5.14 Å². The molecule has 1 amide bonds. The number of anilines is 1. The minimum Gasteiger partial charge on any atom is -0.444 e. The smallest absolute Gasteiger partial charge is 0.407 e. The van der Waals surface area contributed by atoms with Crippen LogP contribution in [0.25, 0.3) is 0 Å². The normalized spacial score (nSPS) is 10.9. The first-order valence-corrected chi connectivity index (χ1v) is 6.46. The van der Waals surface area contributed by atoms with Crippen LogP contribution >= 0.6 is 12.1 Å². The van der Waals surface area contributed by atoms with Crippen molar-refractivity contribution >= 4 is 23.9 Å². The molecular weight excluding hydrogens is 250 g/mol. The van der Waals surface area contributed by atoms with Gasteiger partial charge in [0.2, 0.25) is 0 Å². The Morgan fingerprint density at radius 3 is 2.44 bits per heavy atom. The summed E-state index contributed by atoms with van der Waals surface area (Å²) in [6.45, 7) is 5.93. The number of rotatable bonds is 4. The molecular formula is C12H19N3O2S. The third-order valence-electron chi connectivity index (χ3n) is 1.97. The van der Waals surface area contributed by atoms with Crippen LogP contribution in [0, 0.1) is 0 Å². The number of hydrogen-bond acceptors (Lipinski definition) is 5. The van der Waals surface area contributed by atoms with Crippen molar-refractivity contribution in [3.63, 3.8) is 0 Å². The molecule has 100 valence electrons. The molecule has 0 spiro atoms. The Kier molecular flexibility index (Phi) is 5.30. The summed E-state index contributed by atoms with van der Waals surface area (Å²) in [4.78, 5) is 11.4. The van der Waals surface area contributed by atoms with E-state index < -0.39 is 11.7 Å². The lowest BCUT2D eigenvalue weighted by Crippen LogP contribution is -2.32. The molecule has 0 saturated carbocycles. The summed E-state index contributed by atoms with van der Waals surface area (Å²) in [6, 6.07) is 7.61. The van der Waals surface area contributed by atoms with Crippen LogP contribution in [0.15, 0.2) is 24.3 Å². The fraction of sp³-hybridized carbons (Fsp3) is 0.417. The maximum Gasteiger partial charge on any atom is 0.407 e. The molecule has 0 aromatic heterocycles. The van der Waals surface area contributed by atoms with Gasteiger partial charge in [0.1, 0.15) is 5.60 Å². The van der Waals surface area contributed by atoms with Gasteiger partial charge < -0.3 is 14.8 Å². The first-order chi connectivity index (χ1) is 8.40. The Labute approximate surface area is 112 Å². The fourth-order valence-corrected chi connectivity index (χ4v) is 1.52. The van der Waals surface area contributed by atoms with Gasteiger partial charge >= 0.3 is 6.09 Å². The Morgan fingerprint density at radius 1 is 1.33 bits per heavy atom. The standard InChI is InChI=1S/C12H19N3O2S/c1-12(2,3)17-11(16)14-8-9-4-6-10(7-5-9)15-18-13/h4-7,15H,8,13H2,1-3H3,(H,14,16). The molecule has 0 saturated heterocycles. The van der Waals surface area contributed by atoms with Gasteiger partial charge in [0.05, 0.1) is 0 Å². The highest BCUT2D eigenvalue weighted by Crippen LogP contribution is 2.12. The molecule has 0 aliphatic rings. The summed E-state index contributed by atoms with van der Waals surface area (Å²) in [5, 5.41) is 7.98. The first-order valence-electron chi connectivity index (χ1n) is 5.58. The number of benzene rings is 1. The van der Waals surface area contributed by atoms with Crippen LogP contribution in [0.3, 0.4) is 0 Å². The minimum atomic E-state index is -0.476. The average Bonchev–Trinajstić information content (AvgIpc) is 2.26. The van der Waals surface area contributed by atoms with Crippen LogP contribution in [0.4, 0.5) is 10.5 Å². The van der Waals surface area contributed by atoms with Gasteiger partial charge in [0.25, 0.3) is 0 Å². The summed E-state index contributed by atoms with van der Waals surface area (Å²) in [5.74, 6) is 0. The van der Waals surface area contributed by atoms with Crippen molar-refractivity contribution in [2.45, 2.75) is 32.9 Å². The molecule has 0 aliphatic heterocycles. The molecule has 0 unspecified atom stereocenters. The van der Waals surface area contributed by atoms with Gasteiger partial charge in [0.15, 0.2) is 0 Å². The fourth-order valence-electron chi connectivity index (χ4n) is 1.25. The Morgan fingerprint density at radius 2 is 1.94 bits per heavy atom. The van der Waals surface area contributed by atoms with Gasteiger partial charge in [-0.15, -0.1) is 0 Å². The van der Waals surface area contributed by atoms with Crippen molar-refractivity contribution in [2.24, 2.45) is 5.14 Å². The van der Waals surface area contributed by atoms with Gasteiger partial charge in [-0.2, -0.15) is 0 Å². The molecule has 0 fully saturated rings. The third-order valence-corrected chi connectivity index (χ3v) is 2.32. The van der Waals surface area contributed by atoms with Gasteiger partial charge in [-0.05, 0) is 38.5 Å². The summed E-state index contributed by atoms with van der Waals surface area (Å²) in [6.07, 6.45) is -0.415. The highest BCUT2D eigenvalue weighted by Gasteiger charge is 2.15. The van der Waals surface area contributed by atoms with Crippen LogP contribution in [0.5, 0.6) is 0 Å². The molecule has 6 heteroatoms. The van der Waals surface area contributed by atoms with E-state index in [1.165, 1.54) is 0 Å². The van der Waals surface area contributed by atoms with Gasteiger partial charge in [-0.1, -0.05) is 12.1 Å². The van der Waals surface area contributed by atoms with Crippen LogP contribution in [0.2, 0.25) is 0 Å². The van der Waals surface area contributed by atoms with E-state index in [4.69, 9.17) is 9.88 Å². The van der Waals surface area contributed by atoms with Crippen LogP contribution in [-0.4, -0.2) is 11.7 Å². The number of carbonyl (C=O) groups is 1. The molecule has 5 nitrogen and oxygen atoms in total. The predicted molar refractivity (Wildman–Crippen MR) is 74.9 cm³/mol. The van der Waals surface area contributed by atoms with E-state index in [0.717, 1.165) is 23.4 Å². The molecule has 1 aromatic carbocycles. The van der Waals surface area contributed by atoms with Crippen LogP contribution < -0.4 is 15.2 Å². The number of carbonyl (C=O) groups excluding carboxylic acids is 1. The zero-order valence-electron chi connectivity index (χ0n) is 10.8. The second-order valence-corrected chi connectivity index (χ2v) is 5.21. The average molecular weight is 269 g/mol. The molecule has 1 rings (SSSR count). The van der Waals surface area contributed by atoms with E-state index in [-0.39, 0.29) is 0 Å². The second-order valence-electron chi connectivity index (χ2n) is 4.77. The first kappa shape index (κ1) is 14.7. The molecule has 4 N–H and O–H groups in total. The SMILES string of the molecule is CC(C)(C)OC(=O)NCc1ccc(NSN)cc1. The highest BCUT2D eigenvalue weighted by atomic mass is 32.2. The third kappa shape index (κ3) is 5.79. The van der Waals surface area contributed by atoms with Crippen molar-refractivity contribution in [1.82, 2.24) is 5.32 Å². The largest absolute Gasteiger partial charge is 0.444 e. The van der Waals surface area contributed by atoms with E-state index in [2.05, 4.69) is 10.0 Å². The topological polar surface area (TPSA) is 76.4 Å². The molecule has 0 radical (unpaired) electrons. The molecule has 1 aromatic rings. The summed E-state index contributed by atoms with van der Waals surface area (Å²) >= 11 is 1.05. The lowest BCUT2D eigenvalue weighted by Gasteiger charge is -2.19. The lowest BCUT2D eigenvalue weighted by molar-refractivity contribution is 0.0523.